The number of benzene rings is 3. The van der Waals surface area contributed by atoms with Crippen LogP contribution in [-0.2, 0) is 4.74 Å². The number of carbonyl (C=O) groups is 2. The Hall–Kier alpha value is -3.15. The summed E-state index contributed by atoms with van der Waals surface area (Å²) >= 11 is 7.25. The maximum absolute atomic E-state index is 13.0. The van der Waals surface area contributed by atoms with Crippen molar-refractivity contribution in [2.24, 2.45) is 0 Å². The Morgan fingerprint density at radius 3 is 2.45 bits per heavy atom. The normalized spacial score (nSPS) is 10.7. The lowest BCUT2D eigenvalue weighted by molar-refractivity contribution is 0.0603. The van der Waals surface area contributed by atoms with Crippen molar-refractivity contribution in [1.29, 1.82) is 0 Å². The zero-order chi connectivity index (χ0) is 20.4. The molecule has 0 bridgehead atoms. The van der Waals surface area contributed by atoms with Gasteiger partial charge < -0.3 is 10.1 Å². The number of esters is 1. The second-order valence-corrected chi connectivity index (χ2v) is 7.65. The van der Waals surface area contributed by atoms with Gasteiger partial charge in [0.05, 0.1) is 7.11 Å². The molecule has 1 aromatic heterocycles. The van der Waals surface area contributed by atoms with Crippen LogP contribution in [0.4, 0.5) is 5.00 Å². The van der Waals surface area contributed by atoms with E-state index in [2.05, 4.69) is 5.32 Å². The monoisotopic (exact) mass is 421 g/mol. The van der Waals surface area contributed by atoms with Gasteiger partial charge in [-0.25, -0.2) is 4.79 Å². The molecule has 4 nitrogen and oxygen atoms in total. The van der Waals surface area contributed by atoms with E-state index >= 15 is 0 Å². The number of methoxy groups -OCH3 is 1. The Bertz CT molecular complexity index is 1210. The second-order valence-electron chi connectivity index (χ2n) is 6.33. The van der Waals surface area contributed by atoms with Gasteiger partial charge in [0.15, 0.2) is 0 Å². The first-order valence-electron chi connectivity index (χ1n) is 8.83. The lowest BCUT2D eigenvalue weighted by atomic mass is 10.0. The van der Waals surface area contributed by atoms with Crippen LogP contribution in [0.1, 0.15) is 20.7 Å². The summed E-state index contributed by atoms with van der Waals surface area (Å²) in [6.45, 7) is 0. The average molecular weight is 422 g/mol. The first-order valence-corrected chi connectivity index (χ1v) is 10.1. The predicted octanol–water partition coefficient (Wildman–Crippen LogP) is 6.26. The molecule has 0 saturated heterocycles. The maximum Gasteiger partial charge on any atom is 0.341 e. The number of nitrogens with one attached hydrogen (secondary N) is 1. The van der Waals surface area contributed by atoms with Crippen LogP contribution in [0.2, 0.25) is 5.02 Å². The van der Waals surface area contributed by atoms with Crippen molar-refractivity contribution in [3.63, 3.8) is 0 Å². The van der Waals surface area contributed by atoms with Crippen LogP contribution in [0.25, 0.3) is 21.9 Å². The minimum atomic E-state index is -0.510. The minimum absolute atomic E-state index is 0.281. The van der Waals surface area contributed by atoms with Gasteiger partial charge >= 0.3 is 5.97 Å². The van der Waals surface area contributed by atoms with E-state index in [1.54, 1.807) is 18.2 Å². The number of rotatable bonds is 4. The molecule has 6 heteroatoms. The number of ether oxygens (including phenoxy) is 1. The molecule has 0 saturated carbocycles. The van der Waals surface area contributed by atoms with Gasteiger partial charge in [0.1, 0.15) is 10.6 Å². The number of fused-ring (bicyclic) bond motifs is 1. The standard InChI is InChI=1S/C23H16ClNO3S/c1-28-23(27)20-19(15-9-11-16(24)12-10-15)13-29-22(20)25-21(26)18-8-4-6-14-5-2-3-7-17(14)18/h2-13H,1H3,(H,25,26). The molecule has 0 atom stereocenters. The summed E-state index contributed by atoms with van der Waals surface area (Å²) in [5, 5.41) is 7.59. The van der Waals surface area contributed by atoms with Crippen LogP contribution < -0.4 is 5.32 Å². The summed E-state index contributed by atoms with van der Waals surface area (Å²) in [5.74, 6) is -0.791. The molecular formula is C23H16ClNO3S. The van der Waals surface area contributed by atoms with Gasteiger partial charge in [-0.1, -0.05) is 60.1 Å². The van der Waals surface area contributed by atoms with E-state index in [-0.39, 0.29) is 5.91 Å². The smallest absolute Gasteiger partial charge is 0.341 e. The SMILES string of the molecule is COC(=O)c1c(-c2ccc(Cl)cc2)csc1NC(=O)c1cccc2ccccc12. The van der Waals surface area contributed by atoms with Crippen LogP contribution in [0.5, 0.6) is 0 Å². The van der Waals surface area contributed by atoms with E-state index in [9.17, 15) is 9.59 Å². The fourth-order valence-corrected chi connectivity index (χ4v) is 4.27. The molecule has 3 aromatic carbocycles. The molecule has 0 aliphatic heterocycles. The van der Waals surface area contributed by atoms with Crippen LogP contribution in [-0.4, -0.2) is 19.0 Å². The molecule has 4 aromatic rings. The third kappa shape index (κ3) is 3.75. The number of hydrogen-bond acceptors (Lipinski definition) is 4. The lowest BCUT2D eigenvalue weighted by Crippen LogP contribution is -2.14. The third-order valence-electron chi connectivity index (χ3n) is 4.60. The first kappa shape index (κ1) is 19.2. The summed E-state index contributed by atoms with van der Waals surface area (Å²) in [6.07, 6.45) is 0. The first-order chi connectivity index (χ1) is 14.1. The Kier molecular flexibility index (Phi) is 5.34. The molecule has 0 unspecified atom stereocenters. The van der Waals surface area contributed by atoms with Gasteiger partial charge in [0, 0.05) is 21.5 Å². The molecule has 0 fully saturated rings. The molecule has 29 heavy (non-hydrogen) atoms. The van der Waals surface area contributed by atoms with Crippen molar-refractivity contribution >= 4 is 50.6 Å². The number of halogens is 1. The molecule has 1 heterocycles. The second kappa shape index (κ2) is 8.07. The highest BCUT2D eigenvalue weighted by Crippen LogP contribution is 2.37. The molecule has 0 radical (unpaired) electrons. The summed E-state index contributed by atoms with van der Waals surface area (Å²) in [6, 6.07) is 20.4. The highest BCUT2D eigenvalue weighted by Gasteiger charge is 2.23. The largest absolute Gasteiger partial charge is 0.465 e. The van der Waals surface area contributed by atoms with Crippen molar-refractivity contribution in [2.45, 2.75) is 0 Å². The van der Waals surface area contributed by atoms with Gasteiger partial charge in [-0.05, 0) is 34.5 Å². The number of hydrogen-bond donors (Lipinski definition) is 1. The molecule has 0 spiro atoms. The Labute approximate surface area is 176 Å². The summed E-state index contributed by atoms with van der Waals surface area (Å²) in [4.78, 5) is 25.5. The fourth-order valence-electron chi connectivity index (χ4n) is 3.19. The topological polar surface area (TPSA) is 55.4 Å². The van der Waals surface area contributed by atoms with Crippen LogP contribution >= 0.6 is 22.9 Å². The molecule has 0 aliphatic rings. The van der Waals surface area contributed by atoms with Crippen molar-refractivity contribution < 1.29 is 14.3 Å². The average Bonchev–Trinajstić information content (AvgIpc) is 3.16. The maximum atomic E-state index is 13.0. The Morgan fingerprint density at radius 1 is 0.966 bits per heavy atom. The van der Waals surface area contributed by atoms with E-state index in [1.807, 2.05) is 53.9 Å². The highest BCUT2D eigenvalue weighted by molar-refractivity contribution is 7.15. The van der Waals surface area contributed by atoms with E-state index in [1.165, 1.54) is 18.4 Å². The molecular weight excluding hydrogens is 406 g/mol. The number of anilines is 1. The van der Waals surface area contributed by atoms with Gasteiger partial charge in [-0.2, -0.15) is 0 Å². The molecule has 1 N–H and O–H groups in total. The summed E-state index contributed by atoms with van der Waals surface area (Å²) < 4.78 is 4.97. The number of thiophene rings is 1. The molecule has 144 valence electrons. The molecule has 4 rings (SSSR count). The number of amides is 1. The molecule has 1 amide bonds. The highest BCUT2D eigenvalue weighted by atomic mass is 35.5. The summed E-state index contributed by atoms with van der Waals surface area (Å²) in [7, 11) is 1.32. The van der Waals surface area contributed by atoms with E-state index in [4.69, 9.17) is 16.3 Å². The Balaban J connectivity index is 1.74. The van der Waals surface area contributed by atoms with Gasteiger partial charge in [0.25, 0.3) is 5.91 Å². The van der Waals surface area contributed by atoms with Crippen LogP contribution in [0.3, 0.4) is 0 Å². The van der Waals surface area contributed by atoms with Crippen molar-refractivity contribution in [1.82, 2.24) is 0 Å². The van der Waals surface area contributed by atoms with Gasteiger partial charge in [-0.3, -0.25) is 4.79 Å². The quantitative estimate of drug-likeness (QED) is 0.395. The van der Waals surface area contributed by atoms with E-state index < -0.39 is 5.97 Å². The predicted molar refractivity (Wildman–Crippen MR) is 118 cm³/mol. The third-order valence-corrected chi connectivity index (χ3v) is 5.74. The van der Waals surface area contributed by atoms with Crippen molar-refractivity contribution in [2.75, 3.05) is 12.4 Å². The Morgan fingerprint density at radius 2 is 1.69 bits per heavy atom. The van der Waals surface area contributed by atoms with E-state index in [0.717, 1.165) is 16.3 Å². The van der Waals surface area contributed by atoms with Crippen LogP contribution in [0.15, 0.2) is 72.1 Å². The molecule has 0 aliphatic carbocycles. The van der Waals surface area contributed by atoms with Gasteiger partial charge in [-0.15, -0.1) is 11.3 Å². The zero-order valence-corrected chi connectivity index (χ0v) is 17.0. The van der Waals surface area contributed by atoms with E-state index in [0.29, 0.717) is 26.7 Å². The lowest BCUT2D eigenvalue weighted by Gasteiger charge is -2.09. The van der Waals surface area contributed by atoms with Crippen molar-refractivity contribution in [3.05, 3.63) is 88.3 Å². The number of carbonyl (C=O) groups excluding carboxylic acids is 2. The zero-order valence-electron chi connectivity index (χ0n) is 15.4. The fraction of sp³-hybridized carbons (Fsp3) is 0.0435. The van der Waals surface area contributed by atoms with Gasteiger partial charge in [0.2, 0.25) is 0 Å². The minimum Gasteiger partial charge on any atom is -0.465 e. The van der Waals surface area contributed by atoms with Crippen molar-refractivity contribution in [3.8, 4) is 11.1 Å². The van der Waals surface area contributed by atoms with Crippen LogP contribution in [0, 0.1) is 0 Å². The summed E-state index contributed by atoms with van der Waals surface area (Å²) in [5.41, 5.74) is 2.37.